The van der Waals surface area contributed by atoms with Crippen molar-refractivity contribution in [3.63, 3.8) is 0 Å². The first-order valence-corrected chi connectivity index (χ1v) is 5.82. The van der Waals surface area contributed by atoms with Crippen LogP contribution in [0.25, 0.3) is 0 Å². The van der Waals surface area contributed by atoms with Crippen LogP contribution in [-0.4, -0.2) is 32.9 Å². The summed E-state index contributed by atoms with van der Waals surface area (Å²) in [6, 6.07) is 4.09. The normalized spacial score (nSPS) is 12.5. The number of hydrogen-bond donors (Lipinski definition) is 1. The molecule has 1 aromatic carbocycles. The second kappa shape index (κ2) is 7.48. The molecule has 0 heterocycles. The summed E-state index contributed by atoms with van der Waals surface area (Å²) in [6.07, 6.45) is -0.0465. The SMILES string of the molecule is COCCNCC(C)Oc1ccc(F)cc1Cl. The third-order valence-electron chi connectivity index (χ3n) is 2.14. The summed E-state index contributed by atoms with van der Waals surface area (Å²) < 4.78 is 23.3. The molecule has 0 saturated heterocycles. The van der Waals surface area contributed by atoms with Crippen molar-refractivity contribution in [3.8, 4) is 5.75 Å². The van der Waals surface area contributed by atoms with Gasteiger partial charge in [0.2, 0.25) is 0 Å². The number of hydrogen-bond acceptors (Lipinski definition) is 3. The maximum Gasteiger partial charge on any atom is 0.138 e. The van der Waals surface area contributed by atoms with Crippen molar-refractivity contribution >= 4 is 11.6 Å². The molecule has 0 aliphatic carbocycles. The first-order chi connectivity index (χ1) is 8.13. The van der Waals surface area contributed by atoms with Crippen LogP contribution in [0.15, 0.2) is 18.2 Å². The van der Waals surface area contributed by atoms with Crippen molar-refractivity contribution in [2.24, 2.45) is 0 Å². The predicted molar refractivity (Wildman–Crippen MR) is 66.2 cm³/mol. The van der Waals surface area contributed by atoms with Gasteiger partial charge >= 0.3 is 0 Å². The van der Waals surface area contributed by atoms with Gasteiger partial charge in [-0.2, -0.15) is 0 Å². The van der Waals surface area contributed by atoms with E-state index in [1.807, 2.05) is 6.92 Å². The van der Waals surface area contributed by atoms with Crippen molar-refractivity contribution in [2.75, 3.05) is 26.8 Å². The summed E-state index contributed by atoms with van der Waals surface area (Å²) in [4.78, 5) is 0. The van der Waals surface area contributed by atoms with E-state index in [1.54, 1.807) is 7.11 Å². The van der Waals surface area contributed by atoms with E-state index in [0.29, 0.717) is 18.9 Å². The number of halogens is 2. The van der Waals surface area contributed by atoms with Crippen molar-refractivity contribution in [1.29, 1.82) is 0 Å². The summed E-state index contributed by atoms with van der Waals surface area (Å²) in [6.45, 7) is 4.02. The number of nitrogens with one attached hydrogen (secondary N) is 1. The summed E-state index contributed by atoms with van der Waals surface area (Å²) >= 11 is 5.85. The Morgan fingerprint density at radius 3 is 2.88 bits per heavy atom. The molecule has 5 heteroatoms. The highest BCUT2D eigenvalue weighted by atomic mass is 35.5. The van der Waals surface area contributed by atoms with Crippen LogP contribution in [0, 0.1) is 5.82 Å². The largest absolute Gasteiger partial charge is 0.488 e. The van der Waals surface area contributed by atoms with Crippen LogP contribution in [0.2, 0.25) is 5.02 Å². The molecule has 0 spiro atoms. The van der Waals surface area contributed by atoms with Crippen molar-refractivity contribution in [1.82, 2.24) is 5.32 Å². The summed E-state index contributed by atoms with van der Waals surface area (Å²) in [5.41, 5.74) is 0. The van der Waals surface area contributed by atoms with Crippen molar-refractivity contribution in [2.45, 2.75) is 13.0 Å². The average molecular weight is 262 g/mol. The van der Waals surface area contributed by atoms with Gasteiger partial charge in [0.15, 0.2) is 0 Å². The zero-order valence-corrected chi connectivity index (χ0v) is 10.8. The van der Waals surface area contributed by atoms with E-state index in [4.69, 9.17) is 21.1 Å². The minimum absolute atomic E-state index is 0.0465. The minimum atomic E-state index is -0.367. The van der Waals surface area contributed by atoms with Gasteiger partial charge in [-0.1, -0.05) is 11.6 Å². The third kappa shape index (κ3) is 5.35. The molecule has 1 atom stereocenters. The second-order valence-electron chi connectivity index (χ2n) is 3.70. The lowest BCUT2D eigenvalue weighted by atomic mass is 10.3. The Balaban J connectivity index is 2.37. The topological polar surface area (TPSA) is 30.5 Å². The molecule has 0 fully saturated rings. The van der Waals surface area contributed by atoms with Gasteiger partial charge in [-0.25, -0.2) is 4.39 Å². The van der Waals surface area contributed by atoms with Crippen LogP contribution in [0.4, 0.5) is 4.39 Å². The fourth-order valence-corrected chi connectivity index (χ4v) is 1.52. The van der Waals surface area contributed by atoms with Crippen LogP contribution in [0.1, 0.15) is 6.92 Å². The first kappa shape index (κ1) is 14.2. The maximum absolute atomic E-state index is 12.8. The molecular formula is C12H17ClFNO2. The maximum atomic E-state index is 12.8. The second-order valence-corrected chi connectivity index (χ2v) is 4.11. The van der Waals surface area contributed by atoms with Gasteiger partial charge in [-0.15, -0.1) is 0 Å². The summed E-state index contributed by atoms with van der Waals surface area (Å²) in [7, 11) is 1.65. The monoisotopic (exact) mass is 261 g/mol. The zero-order valence-electron chi connectivity index (χ0n) is 10.0. The Labute approximate surface area is 106 Å². The highest BCUT2D eigenvalue weighted by Crippen LogP contribution is 2.25. The zero-order chi connectivity index (χ0) is 12.7. The molecule has 0 saturated carbocycles. The van der Waals surface area contributed by atoms with Crippen LogP contribution < -0.4 is 10.1 Å². The van der Waals surface area contributed by atoms with E-state index in [-0.39, 0.29) is 16.9 Å². The third-order valence-corrected chi connectivity index (χ3v) is 2.43. The van der Waals surface area contributed by atoms with E-state index in [1.165, 1.54) is 18.2 Å². The van der Waals surface area contributed by atoms with Gasteiger partial charge in [0.25, 0.3) is 0 Å². The molecule has 0 radical (unpaired) electrons. The number of rotatable bonds is 7. The van der Waals surface area contributed by atoms with Crippen LogP contribution in [0.5, 0.6) is 5.75 Å². The molecule has 1 aromatic rings. The van der Waals surface area contributed by atoms with Crippen molar-refractivity contribution < 1.29 is 13.9 Å². The number of methoxy groups -OCH3 is 1. The summed E-state index contributed by atoms with van der Waals surface area (Å²) in [5.74, 6) is 0.127. The lowest BCUT2D eigenvalue weighted by molar-refractivity contribution is 0.184. The Morgan fingerprint density at radius 2 is 2.24 bits per heavy atom. The minimum Gasteiger partial charge on any atom is -0.488 e. The molecule has 17 heavy (non-hydrogen) atoms. The lowest BCUT2D eigenvalue weighted by Gasteiger charge is -2.16. The fourth-order valence-electron chi connectivity index (χ4n) is 1.31. The number of ether oxygens (including phenoxy) is 2. The number of benzene rings is 1. The molecule has 0 aliphatic heterocycles. The van der Waals surface area contributed by atoms with Gasteiger partial charge in [0, 0.05) is 20.2 Å². The first-order valence-electron chi connectivity index (χ1n) is 5.45. The quantitative estimate of drug-likeness (QED) is 0.765. The molecule has 96 valence electrons. The predicted octanol–water partition coefficient (Wildman–Crippen LogP) is 2.48. The fraction of sp³-hybridized carbons (Fsp3) is 0.500. The highest BCUT2D eigenvalue weighted by Gasteiger charge is 2.07. The molecule has 1 rings (SSSR count). The Kier molecular flexibility index (Phi) is 6.26. The van der Waals surface area contributed by atoms with Crippen LogP contribution in [-0.2, 0) is 4.74 Å². The van der Waals surface area contributed by atoms with E-state index in [2.05, 4.69) is 5.32 Å². The molecule has 0 aromatic heterocycles. The van der Waals surface area contributed by atoms with Crippen LogP contribution in [0.3, 0.4) is 0 Å². The van der Waals surface area contributed by atoms with Gasteiger partial charge in [0.05, 0.1) is 11.6 Å². The van der Waals surface area contributed by atoms with Crippen molar-refractivity contribution in [3.05, 3.63) is 29.0 Å². The van der Waals surface area contributed by atoms with E-state index in [9.17, 15) is 4.39 Å². The summed E-state index contributed by atoms with van der Waals surface area (Å²) in [5, 5.41) is 3.46. The molecule has 0 amide bonds. The van der Waals surface area contributed by atoms with Gasteiger partial charge < -0.3 is 14.8 Å². The molecule has 0 aliphatic rings. The molecule has 3 nitrogen and oxygen atoms in total. The lowest BCUT2D eigenvalue weighted by Crippen LogP contribution is -2.31. The van der Waals surface area contributed by atoms with Crippen LogP contribution >= 0.6 is 11.6 Å². The highest BCUT2D eigenvalue weighted by molar-refractivity contribution is 6.32. The molecule has 1 N–H and O–H groups in total. The molecule has 1 unspecified atom stereocenters. The smallest absolute Gasteiger partial charge is 0.138 e. The Bertz CT molecular complexity index is 349. The standard InChI is InChI=1S/C12H17ClFNO2/c1-9(8-15-5-6-16-2)17-12-4-3-10(14)7-11(12)13/h3-4,7,9,15H,5-6,8H2,1-2H3. The van der Waals surface area contributed by atoms with Gasteiger partial charge in [0.1, 0.15) is 17.7 Å². The Morgan fingerprint density at radius 1 is 1.47 bits per heavy atom. The Hall–Kier alpha value is -0.840. The van der Waals surface area contributed by atoms with Gasteiger partial charge in [-0.3, -0.25) is 0 Å². The van der Waals surface area contributed by atoms with Gasteiger partial charge in [-0.05, 0) is 25.1 Å². The van der Waals surface area contributed by atoms with E-state index >= 15 is 0 Å². The molecular weight excluding hydrogens is 245 g/mol. The van der Waals surface area contributed by atoms with E-state index in [0.717, 1.165) is 6.54 Å². The average Bonchev–Trinajstić information content (AvgIpc) is 2.28. The van der Waals surface area contributed by atoms with E-state index < -0.39 is 0 Å². The molecule has 0 bridgehead atoms.